The van der Waals surface area contributed by atoms with Gasteiger partial charge in [0.15, 0.2) is 0 Å². The molecule has 28 nitrogen and oxygen atoms in total. The predicted molar refractivity (Wildman–Crippen MR) is 330 cm³/mol. The average molecular weight is 1450 g/mol. The molecule has 0 unspecified atom stereocenters. The van der Waals surface area contributed by atoms with E-state index in [1.807, 2.05) is 0 Å². The number of rotatable bonds is 8. The molecule has 0 aliphatic rings. The molecule has 0 fully saturated rings. The number of hydrogen-bond acceptors (Lipinski definition) is 22. The number of nitrogens with zero attached hydrogens (tertiary/aromatic N) is 10. The van der Waals surface area contributed by atoms with Gasteiger partial charge in [-0.1, -0.05) is 146 Å². The van der Waals surface area contributed by atoms with Gasteiger partial charge in [0, 0.05) is 27.7 Å². The van der Waals surface area contributed by atoms with Gasteiger partial charge in [-0.3, -0.25) is 0 Å². The molecule has 0 aliphatic heterocycles. The molecule has 0 spiro atoms. The Kier molecular flexibility index (Phi) is 52.6. The summed E-state index contributed by atoms with van der Waals surface area (Å²) in [6, 6.07) is 94.7. The molecule has 0 amide bonds. The molecule has 0 saturated carbocycles. The molecular weight excluding hydrogens is 1400 g/mol. The van der Waals surface area contributed by atoms with E-state index in [0.717, 1.165) is 0 Å². The first-order valence-corrected chi connectivity index (χ1v) is 26.8. The zero-order valence-electron chi connectivity index (χ0n) is 46.3. The Hall–Kier alpha value is -11.2. The van der Waals surface area contributed by atoms with Gasteiger partial charge < -0.3 is 91.9 Å². The Balaban J connectivity index is -0.000000332. The molecule has 448 valence electrons. The maximum absolute atomic E-state index is 8.25. The average Bonchev–Trinajstić information content (AvgIpc) is 1.05. The molecular formula is C56H52N10O18P2U. The maximum atomic E-state index is 8.25. The second kappa shape index (κ2) is 54.1. The Morgan fingerprint density at radius 1 is 0.230 bits per heavy atom. The van der Waals surface area contributed by atoms with E-state index in [2.05, 4.69) is 243 Å². The third kappa shape index (κ3) is 39.0. The van der Waals surface area contributed by atoms with Gasteiger partial charge in [0.1, 0.15) is 57.0 Å². The van der Waals surface area contributed by atoms with Crippen LogP contribution in [0.25, 0.3) is 0 Å². The number of nitriles is 4. The van der Waals surface area contributed by atoms with Gasteiger partial charge in [-0.05, 0) is 97.1 Å². The van der Waals surface area contributed by atoms with Crippen LogP contribution in [0.3, 0.4) is 0 Å². The molecule has 0 atom stereocenters. The number of hydrogen-bond donors (Lipinski definition) is 0. The third-order valence-electron chi connectivity index (χ3n) is 9.15. The van der Waals surface area contributed by atoms with E-state index in [-0.39, 0.29) is 31.1 Å². The van der Waals surface area contributed by atoms with Crippen molar-refractivity contribution < 1.29 is 61.6 Å². The molecule has 0 heterocycles. The molecule has 0 N–H and O–H groups in total. The second-order valence-corrected chi connectivity index (χ2v) is 21.1. The summed E-state index contributed by atoms with van der Waals surface area (Å²) in [5.74, 6) is 0. The van der Waals surface area contributed by atoms with Crippen LogP contribution in [-0.2, 0) is 0 Å². The van der Waals surface area contributed by atoms with Gasteiger partial charge in [-0.2, -0.15) is 21.0 Å². The predicted octanol–water partition coefficient (Wildman–Crippen LogP) is 9.30. The van der Waals surface area contributed by atoms with Crippen molar-refractivity contribution in [1.82, 2.24) is 0 Å². The fourth-order valence-electron chi connectivity index (χ4n) is 7.00. The SMILES string of the molecule is CC#N.CC#N.CC#N.CC#N.O=[N+]([O-])[O-].O=[N+]([O-])[O-].O=[N+]([O-])[O-].O=[N+]([O-])[O-].O=[N+]([O-])[O-].O=[N+]([O-])[O-].[U+4].c1ccc([P+](c2ccccc2)(c2ccccc2)c2ccccc2)cc1.c1ccc([P+](c2ccccc2)(c2ccccc2)c2ccccc2)cc1. The van der Waals surface area contributed by atoms with Crippen LogP contribution >= 0.6 is 14.5 Å². The first-order valence-electron chi connectivity index (χ1n) is 23.3. The third-order valence-corrected chi connectivity index (χ3v) is 17.7. The van der Waals surface area contributed by atoms with Crippen LogP contribution in [0.2, 0.25) is 0 Å². The van der Waals surface area contributed by atoms with E-state index in [1.54, 1.807) is 24.3 Å². The zero-order chi connectivity index (χ0) is 66.2. The van der Waals surface area contributed by atoms with Gasteiger partial charge in [-0.25, -0.2) is 0 Å². The topological polar surface area (TPSA) is 492 Å². The second-order valence-electron chi connectivity index (χ2n) is 14.3. The van der Waals surface area contributed by atoms with E-state index in [1.165, 1.54) is 70.1 Å². The monoisotopic (exact) mass is 1450 g/mol. The van der Waals surface area contributed by atoms with Crippen LogP contribution in [-0.4, -0.2) is 30.5 Å². The molecule has 31 heteroatoms. The molecule has 0 saturated heterocycles. The minimum atomic E-state index is -1.91. The van der Waals surface area contributed by atoms with Crippen molar-refractivity contribution in [3.63, 3.8) is 0 Å². The van der Waals surface area contributed by atoms with E-state index in [4.69, 9.17) is 113 Å². The van der Waals surface area contributed by atoms with Gasteiger partial charge >= 0.3 is 31.1 Å². The van der Waals surface area contributed by atoms with Crippen LogP contribution in [0.5, 0.6) is 0 Å². The van der Waals surface area contributed by atoms with Crippen molar-refractivity contribution in [2.45, 2.75) is 27.7 Å². The first kappa shape index (κ1) is 84.6. The summed E-state index contributed by atoms with van der Waals surface area (Å²) in [6.45, 7) is 5.72. The van der Waals surface area contributed by atoms with Gasteiger partial charge in [-0.15, -0.1) is 0 Å². The van der Waals surface area contributed by atoms with Crippen molar-refractivity contribution in [1.29, 1.82) is 21.0 Å². The Morgan fingerprint density at radius 3 is 0.345 bits per heavy atom. The quantitative estimate of drug-likeness (QED) is 0.0776. The minimum Gasteiger partial charge on any atom is -0.356 e. The van der Waals surface area contributed by atoms with Crippen LogP contribution in [0.1, 0.15) is 27.7 Å². The minimum absolute atomic E-state index is 0. The molecule has 8 aromatic rings. The molecule has 0 aromatic heterocycles. The van der Waals surface area contributed by atoms with Crippen molar-refractivity contribution >= 4 is 57.0 Å². The molecule has 87 heavy (non-hydrogen) atoms. The maximum Gasteiger partial charge on any atom is 4.00 e. The van der Waals surface area contributed by atoms with Gasteiger partial charge in [0.2, 0.25) is 0 Å². The van der Waals surface area contributed by atoms with E-state index < -0.39 is 45.0 Å². The van der Waals surface area contributed by atoms with E-state index in [9.17, 15) is 0 Å². The molecule has 0 aliphatic carbocycles. The largest absolute Gasteiger partial charge is 4.00 e. The van der Waals surface area contributed by atoms with Crippen molar-refractivity contribution in [2.24, 2.45) is 0 Å². The Labute approximate surface area is 523 Å². The van der Waals surface area contributed by atoms with Crippen molar-refractivity contribution in [2.75, 3.05) is 0 Å². The van der Waals surface area contributed by atoms with Gasteiger partial charge in [0.25, 0.3) is 0 Å². The zero-order valence-corrected chi connectivity index (χ0v) is 52.3. The van der Waals surface area contributed by atoms with Crippen molar-refractivity contribution in [3.8, 4) is 24.3 Å². The summed E-state index contributed by atoms with van der Waals surface area (Å²) in [5.41, 5.74) is 0. The first-order chi connectivity index (χ1) is 40.9. The molecule has 0 bridgehead atoms. The molecule has 8 aromatic carbocycles. The summed E-state index contributed by atoms with van der Waals surface area (Å²) in [6.07, 6.45) is 0. The summed E-state index contributed by atoms with van der Waals surface area (Å²) in [5, 5.41) is 129. The summed E-state index contributed by atoms with van der Waals surface area (Å²) in [4.78, 5) is 49.5. The Morgan fingerprint density at radius 2 is 0.287 bits per heavy atom. The summed E-state index contributed by atoms with van der Waals surface area (Å²) < 4.78 is 0. The fourth-order valence-corrected chi connectivity index (χ4v) is 15.5. The van der Waals surface area contributed by atoms with Gasteiger partial charge in [0.05, 0.1) is 54.8 Å². The van der Waals surface area contributed by atoms with E-state index in [0.29, 0.717) is 0 Å². The smallest absolute Gasteiger partial charge is 0.356 e. The van der Waals surface area contributed by atoms with Crippen LogP contribution in [0.15, 0.2) is 243 Å². The van der Waals surface area contributed by atoms with Crippen LogP contribution in [0, 0.1) is 168 Å². The van der Waals surface area contributed by atoms with Crippen LogP contribution < -0.4 is 42.4 Å². The summed E-state index contributed by atoms with van der Waals surface area (Å²) >= 11 is 0. The van der Waals surface area contributed by atoms with Crippen LogP contribution in [0.4, 0.5) is 0 Å². The normalized spacial score (nSPS) is 8.46. The standard InChI is InChI=1S/2C24H20P.4C2H3N.6NO3.U/c2*1-5-13-21(14-6-1)25(22-15-7-2-8-16-22,23-17-9-3-10-18-23)24-19-11-4-12-20-24;4*1-2-3;6*2-1(3)4;/h2*1-20H;4*1H3;;;;;;;/q2*+1;;;;;6*-1;+4. The molecule has 8 rings (SSSR count). The summed E-state index contributed by atoms with van der Waals surface area (Å²) in [7, 11) is -3.81. The Bertz CT molecular complexity index is 2640. The molecule has 0 radical (unpaired) electrons. The van der Waals surface area contributed by atoms with E-state index >= 15 is 0 Å². The fraction of sp³-hybridized carbons (Fsp3) is 0.0714. The van der Waals surface area contributed by atoms with Crippen molar-refractivity contribution in [3.05, 3.63) is 335 Å². The number of benzene rings is 8.